The maximum absolute atomic E-state index is 12.8. The van der Waals surface area contributed by atoms with Gasteiger partial charge in [-0.3, -0.25) is 9.69 Å². The summed E-state index contributed by atoms with van der Waals surface area (Å²) in [5, 5.41) is 5.81. The SMILES string of the molecule is COc1ccc(NC(=O)N2CCc3c(C(=O)Nc4ccccc4)cccc32)cc1. The van der Waals surface area contributed by atoms with Gasteiger partial charge in [0.25, 0.3) is 5.91 Å². The van der Waals surface area contributed by atoms with Crippen LogP contribution in [0.5, 0.6) is 5.75 Å². The fraction of sp³-hybridized carbons (Fsp3) is 0.130. The van der Waals surface area contributed by atoms with Gasteiger partial charge in [0.1, 0.15) is 5.75 Å². The van der Waals surface area contributed by atoms with Crippen molar-refractivity contribution in [3.8, 4) is 5.75 Å². The normalized spacial score (nSPS) is 12.2. The first-order valence-electron chi connectivity index (χ1n) is 9.36. The van der Waals surface area contributed by atoms with E-state index in [1.54, 1.807) is 48.4 Å². The molecule has 1 heterocycles. The third-order valence-corrected chi connectivity index (χ3v) is 4.89. The zero-order chi connectivity index (χ0) is 20.2. The number of nitrogens with one attached hydrogen (secondary N) is 2. The number of rotatable bonds is 4. The molecule has 146 valence electrons. The van der Waals surface area contributed by atoms with Crippen molar-refractivity contribution < 1.29 is 14.3 Å². The average Bonchev–Trinajstić information content (AvgIpc) is 3.19. The highest BCUT2D eigenvalue weighted by Crippen LogP contribution is 2.32. The number of urea groups is 1. The molecule has 0 spiro atoms. The van der Waals surface area contributed by atoms with E-state index in [-0.39, 0.29) is 11.9 Å². The molecule has 0 radical (unpaired) electrons. The van der Waals surface area contributed by atoms with Crippen molar-refractivity contribution in [1.29, 1.82) is 0 Å². The van der Waals surface area contributed by atoms with Crippen LogP contribution in [0.2, 0.25) is 0 Å². The second-order valence-electron chi connectivity index (χ2n) is 6.68. The molecular weight excluding hydrogens is 366 g/mol. The topological polar surface area (TPSA) is 70.7 Å². The van der Waals surface area contributed by atoms with Crippen LogP contribution < -0.4 is 20.3 Å². The number of methoxy groups -OCH3 is 1. The predicted octanol–water partition coefficient (Wildman–Crippen LogP) is 4.54. The Hall–Kier alpha value is -3.80. The molecule has 6 heteroatoms. The van der Waals surface area contributed by atoms with Crippen molar-refractivity contribution in [2.75, 3.05) is 29.2 Å². The molecule has 0 fully saturated rings. The minimum absolute atomic E-state index is 0.175. The number of ether oxygens (including phenoxy) is 1. The van der Waals surface area contributed by atoms with Crippen LogP contribution in [0.4, 0.5) is 21.9 Å². The summed E-state index contributed by atoms with van der Waals surface area (Å²) in [4.78, 5) is 27.2. The van der Waals surface area contributed by atoms with Crippen LogP contribution in [0.3, 0.4) is 0 Å². The maximum atomic E-state index is 12.8. The molecule has 0 unspecified atom stereocenters. The number of fused-ring (bicyclic) bond motifs is 1. The molecular formula is C23H21N3O3. The third-order valence-electron chi connectivity index (χ3n) is 4.89. The Kier molecular flexibility index (Phi) is 5.16. The van der Waals surface area contributed by atoms with Crippen molar-refractivity contribution in [2.45, 2.75) is 6.42 Å². The van der Waals surface area contributed by atoms with Gasteiger partial charge in [-0.2, -0.15) is 0 Å². The molecule has 1 aliphatic heterocycles. The fourth-order valence-electron chi connectivity index (χ4n) is 3.44. The maximum Gasteiger partial charge on any atom is 0.326 e. The molecule has 0 aliphatic carbocycles. The van der Waals surface area contributed by atoms with E-state index in [0.29, 0.717) is 24.2 Å². The summed E-state index contributed by atoms with van der Waals surface area (Å²) in [5.41, 5.74) is 3.65. The number of hydrogen-bond acceptors (Lipinski definition) is 3. The monoisotopic (exact) mass is 387 g/mol. The predicted molar refractivity (Wildman–Crippen MR) is 114 cm³/mol. The van der Waals surface area contributed by atoms with Gasteiger partial charge in [0.2, 0.25) is 0 Å². The fourth-order valence-corrected chi connectivity index (χ4v) is 3.44. The molecule has 0 bridgehead atoms. The molecule has 4 rings (SSSR count). The van der Waals surface area contributed by atoms with Gasteiger partial charge in [-0.1, -0.05) is 24.3 Å². The molecule has 0 atom stereocenters. The van der Waals surface area contributed by atoms with Crippen LogP contribution in [0, 0.1) is 0 Å². The standard InChI is InChI=1S/C23H21N3O3/c1-29-18-12-10-17(11-13-18)25-23(28)26-15-14-19-20(8-5-9-21(19)26)22(27)24-16-6-3-2-4-7-16/h2-13H,14-15H2,1H3,(H,24,27)(H,25,28). The highest BCUT2D eigenvalue weighted by Gasteiger charge is 2.28. The Morgan fingerprint density at radius 1 is 0.862 bits per heavy atom. The number of anilines is 3. The van der Waals surface area contributed by atoms with E-state index in [2.05, 4.69) is 10.6 Å². The summed E-state index contributed by atoms with van der Waals surface area (Å²) in [5.74, 6) is 0.550. The van der Waals surface area contributed by atoms with Gasteiger partial charge in [-0.15, -0.1) is 0 Å². The summed E-state index contributed by atoms with van der Waals surface area (Å²) in [7, 11) is 1.60. The summed E-state index contributed by atoms with van der Waals surface area (Å²) < 4.78 is 5.14. The van der Waals surface area contributed by atoms with Crippen molar-refractivity contribution in [2.24, 2.45) is 0 Å². The van der Waals surface area contributed by atoms with Gasteiger partial charge in [-0.25, -0.2) is 4.79 Å². The second-order valence-corrected chi connectivity index (χ2v) is 6.68. The van der Waals surface area contributed by atoms with Crippen molar-refractivity contribution >= 4 is 29.0 Å². The van der Waals surface area contributed by atoms with Crippen LogP contribution in [0.1, 0.15) is 15.9 Å². The minimum Gasteiger partial charge on any atom is -0.497 e. The van der Waals surface area contributed by atoms with Crippen LogP contribution in [0.15, 0.2) is 72.8 Å². The van der Waals surface area contributed by atoms with Gasteiger partial charge in [0.05, 0.1) is 7.11 Å². The van der Waals surface area contributed by atoms with Crippen LogP contribution in [-0.2, 0) is 6.42 Å². The van der Waals surface area contributed by atoms with Gasteiger partial charge in [-0.05, 0) is 60.5 Å². The highest BCUT2D eigenvalue weighted by molar-refractivity contribution is 6.09. The molecule has 3 aromatic rings. The Bertz CT molecular complexity index is 1030. The third kappa shape index (κ3) is 3.91. The lowest BCUT2D eigenvalue weighted by molar-refractivity contribution is 0.102. The molecule has 2 N–H and O–H groups in total. The summed E-state index contributed by atoms with van der Waals surface area (Å²) in [6, 6.07) is 21.7. The van der Waals surface area contributed by atoms with Gasteiger partial charge < -0.3 is 15.4 Å². The number of para-hydroxylation sites is 1. The molecule has 6 nitrogen and oxygen atoms in total. The second kappa shape index (κ2) is 8.06. The van der Waals surface area contributed by atoms with E-state index < -0.39 is 0 Å². The molecule has 0 aromatic heterocycles. The van der Waals surface area contributed by atoms with Crippen molar-refractivity contribution in [3.63, 3.8) is 0 Å². The molecule has 0 saturated carbocycles. The number of benzene rings is 3. The molecule has 3 amide bonds. The largest absolute Gasteiger partial charge is 0.497 e. The van der Waals surface area contributed by atoms with Crippen LogP contribution >= 0.6 is 0 Å². The smallest absolute Gasteiger partial charge is 0.326 e. The van der Waals surface area contributed by atoms with E-state index in [4.69, 9.17) is 4.74 Å². The number of carbonyl (C=O) groups excluding carboxylic acids is 2. The minimum atomic E-state index is -0.227. The van der Waals surface area contributed by atoms with Crippen molar-refractivity contribution in [3.05, 3.63) is 83.9 Å². The zero-order valence-corrected chi connectivity index (χ0v) is 16.0. The first-order valence-corrected chi connectivity index (χ1v) is 9.36. The Morgan fingerprint density at radius 3 is 2.31 bits per heavy atom. The van der Waals surface area contributed by atoms with E-state index in [0.717, 1.165) is 22.7 Å². The average molecular weight is 387 g/mol. The van der Waals surface area contributed by atoms with Gasteiger partial charge in [0.15, 0.2) is 0 Å². The molecule has 29 heavy (non-hydrogen) atoms. The van der Waals surface area contributed by atoms with E-state index >= 15 is 0 Å². The Morgan fingerprint density at radius 2 is 1.59 bits per heavy atom. The summed E-state index contributed by atoms with van der Waals surface area (Å²) in [6.45, 7) is 0.521. The van der Waals surface area contributed by atoms with E-state index in [1.807, 2.05) is 36.4 Å². The first-order chi connectivity index (χ1) is 14.2. The van der Waals surface area contributed by atoms with Crippen molar-refractivity contribution in [1.82, 2.24) is 0 Å². The number of carbonyl (C=O) groups is 2. The lowest BCUT2D eigenvalue weighted by Gasteiger charge is -2.18. The number of amides is 3. The quantitative estimate of drug-likeness (QED) is 0.690. The van der Waals surface area contributed by atoms with Gasteiger partial charge >= 0.3 is 6.03 Å². The van der Waals surface area contributed by atoms with E-state index in [9.17, 15) is 9.59 Å². The first kappa shape index (κ1) is 18.6. The molecule has 0 saturated heterocycles. The van der Waals surface area contributed by atoms with Crippen LogP contribution in [0.25, 0.3) is 0 Å². The summed E-state index contributed by atoms with van der Waals surface area (Å²) >= 11 is 0. The zero-order valence-electron chi connectivity index (χ0n) is 16.0. The number of hydrogen-bond donors (Lipinski definition) is 2. The molecule has 1 aliphatic rings. The highest BCUT2D eigenvalue weighted by atomic mass is 16.5. The molecule has 3 aromatic carbocycles. The number of nitrogens with zero attached hydrogens (tertiary/aromatic N) is 1. The Balaban J connectivity index is 1.52. The van der Waals surface area contributed by atoms with E-state index in [1.165, 1.54) is 0 Å². The lowest BCUT2D eigenvalue weighted by Crippen LogP contribution is -2.33. The van der Waals surface area contributed by atoms with Gasteiger partial charge in [0, 0.05) is 29.2 Å². The Labute approximate surface area is 169 Å². The lowest BCUT2D eigenvalue weighted by atomic mass is 10.0. The van der Waals surface area contributed by atoms with Crippen LogP contribution in [-0.4, -0.2) is 25.6 Å². The summed E-state index contributed by atoms with van der Waals surface area (Å²) in [6.07, 6.45) is 0.629.